The van der Waals surface area contributed by atoms with Gasteiger partial charge in [0.1, 0.15) is 11.2 Å². The molecule has 9 aromatic carbocycles. The van der Waals surface area contributed by atoms with Crippen molar-refractivity contribution in [1.82, 2.24) is 0 Å². The summed E-state index contributed by atoms with van der Waals surface area (Å²) in [6, 6.07) is 61.7. The van der Waals surface area contributed by atoms with Gasteiger partial charge in [-0.05, 0) is 81.2 Å². The highest BCUT2D eigenvalue weighted by molar-refractivity contribution is 6.19. The van der Waals surface area contributed by atoms with Gasteiger partial charge in [0.05, 0.1) is 16.9 Å². The molecule has 2 nitrogen and oxygen atoms in total. The Hall–Kier alpha value is -7.16. The second-order valence-electron chi connectivity index (χ2n) is 13.4. The predicted octanol–water partition coefficient (Wildman–Crippen LogP) is 14.9. The Kier molecular flexibility index (Phi) is 6.84. The Balaban J connectivity index is 1.24. The molecule has 0 atom stereocenters. The lowest BCUT2D eigenvalue weighted by molar-refractivity contribution is 0.673. The molecule has 0 N–H and O–H groups in total. The number of fused-ring (bicyclic) bond motifs is 5. The van der Waals surface area contributed by atoms with Gasteiger partial charge < -0.3 is 9.32 Å². The zero-order valence-corrected chi connectivity index (χ0v) is 29.3. The van der Waals surface area contributed by atoms with Crippen molar-refractivity contribution >= 4 is 49.8 Å². The number of nitrogens with zero attached hydrogens (tertiary/aromatic N) is 1. The van der Waals surface area contributed by atoms with Crippen LogP contribution in [0.1, 0.15) is 5.48 Å². The van der Waals surface area contributed by atoms with Crippen molar-refractivity contribution in [1.29, 1.82) is 0 Å². The lowest BCUT2D eigenvalue weighted by atomic mass is 9.95. The Labute approximate surface area is 320 Å². The van der Waals surface area contributed by atoms with Crippen molar-refractivity contribution in [3.8, 4) is 44.5 Å². The van der Waals surface area contributed by atoms with E-state index in [0.717, 1.165) is 71.8 Å². The number of rotatable bonds is 7. The average Bonchev–Trinajstić information content (AvgIpc) is 3.68. The Morgan fingerprint density at radius 1 is 0.389 bits per heavy atom. The summed E-state index contributed by atoms with van der Waals surface area (Å²) in [5.41, 5.74) is 9.57. The van der Waals surface area contributed by atoms with Gasteiger partial charge in [0.2, 0.25) is 0 Å². The molecule has 0 aliphatic heterocycles. The van der Waals surface area contributed by atoms with Crippen LogP contribution in [0.3, 0.4) is 0 Å². The quantitative estimate of drug-likeness (QED) is 0.165. The summed E-state index contributed by atoms with van der Waals surface area (Å²) in [6.07, 6.45) is 0. The average molecular weight is 694 g/mol. The normalized spacial score (nSPS) is 12.4. The van der Waals surface area contributed by atoms with Crippen LogP contribution in [0.4, 0.5) is 17.1 Å². The molecule has 0 fully saturated rings. The molecule has 0 bridgehead atoms. The van der Waals surface area contributed by atoms with Gasteiger partial charge in [0, 0.05) is 33.0 Å². The first kappa shape index (κ1) is 27.5. The summed E-state index contributed by atoms with van der Waals surface area (Å²) in [4.78, 5) is 1.92. The first-order chi connectivity index (χ1) is 28.5. The van der Waals surface area contributed by atoms with Crippen molar-refractivity contribution in [2.75, 3.05) is 4.90 Å². The molecular formula is C52H35NO. The minimum absolute atomic E-state index is 0.115. The molecule has 2 heteroatoms. The summed E-state index contributed by atoms with van der Waals surface area (Å²) in [5, 5.41) is 4.08. The molecule has 10 rings (SSSR count). The van der Waals surface area contributed by atoms with E-state index < -0.39 is 0 Å². The molecular weight excluding hydrogens is 655 g/mol. The van der Waals surface area contributed by atoms with Crippen molar-refractivity contribution in [3.63, 3.8) is 0 Å². The Morgan fingerprint density at radius 3 is 1.74 bits per heavy atom. The third-order valence-corrected chi connectivity index (χ3v) is 10.1. The smallest absolute Gasteiger partial charge is 0.143 e. The van der Waals surface area contributed by atoms with Gasteiger partial charge in [-0.15, -0.1) is 0 Å². The second-order valence-corrected chi connectivity index (χ2v) is 13.4. The predicted molar refractivity (Wildman–Crippen MR) is 228 cm³/mol. The van der Waals surface area contributed by atoms with Crippen molar-refractivity contribution in [2.24, 2.45) is 0 Å². The number of para-hydroxylation sites is 2. The van der Waals surface area contributed by atoms with E-state index in [-0.39, 0.29) is 35.4 Å². The van der Waals surface area contributed by atoms with E-state index in [1.165, 1.54) is 0 Å². The fraction of sp³-hybridized carbons (Fsp3) is 0. The molecule has 0 radical (unpaired) electrons. The fourth-order valence-corrected chi connectivity index (χ4v) is 7.62. The topological polar surface area (TPSA) is 16.4 Å². The molecule has 1 aromatic heterocycles. The van der Waals surface area contributed by atoms with Crippen LogP contribution in [0.2, 0.25) is 0 Å². The number of hydrogen-bond donors (Lipinski definition) is 0. The summed E-state index contributed by atoms with van der Waals surface area (Å²) in [6.45, 7) is 0. The summed E-state index contributed by atoms with van der Waals surface area (Å²) in [7, 11) is 0. The van der Waals surface area contributed by atoms with Crippen LogP contribution in [0.5, 0.6) is 0 Å². The Morgan fingerprint density at radius 2 is 0.963 bits per heavy atom. The van der Waals surface area contributed by atoms with Gasteiger partial charge in [-0.25, -0.2) is 0 Å². The number of benzene rings is 9. The molecule has 254 valence electrons. The van der Waals surface area contributed by atoms with Crippen molar-refractivity contribution < 1.29 is 9.90 Å². The molecule has 54 heavy (non-hydrogen) atoms. The highest BCUT2D eigenvalue weighted by Crippen LogP contribution is 2.47. The minimum Gasteiger partial charge on any atom is -0.455 e. The highest BCUT2D eigenvalue weighted by atomic mass is 16.3. The van der Waals surface area contributed by atoms with E-state index in [1.807, 2.05) is 157 Å². The maximum Gasteiger partial charge on any atom is 0.143 e. The monoisotopic (exact) mass is 693 g/mol. The third kappa shape index (κ3) is 5.53. The van der Waals surface area contributed by atoms with Crippen molar-refractivity contribution in [3.05, 3.63) is 212 Å². The molecule has 0 aliphatic rings. The summed E-state index contributed by atoms with van der Waals surface area (Å²) in [5.74, 6) is 0. The van der Waals surface area contributed by atoms with E-state index in [1.54, 1.807) is 0 Å². The standard InChI is InChI=1S/C52H35NO/c1-3-15-36(16-4-1)40-20-13-21-41(35-40)37-29-32-42(33-30-37)53(48-26-11-9-22-43(48)38-17-5-2-6-18-38)49-27-12-10-24-45(49)46-25-14-28-50-51(46)47-34-31-39-19-7-8-23-44(39)52(47)54-50/h1-35H/i29D,30D,32D,33D. The minimum atomic E-state index is -0.141. The van der Waals surface area contributed by atoms with Gasteiger partial charge in [0.15, 0.2) is 0 Å². The van der Waals surface area contributed by atoms with Crippen LogP contribution in [-0.2, 0) is 0 Å². The van der Waals surface area contributed by atoms with Crippen LogP contribution in [0, 0.1) is 0 Å². The van der Waals surface area contributed by atoms with Crippen LogP contribution in [0.15, 0.2) is 217 Å². The highest BCUT2D eigenvalue weighted by Gasteiger charge is 2.23. The van der Waals surface area contributed by atoms with Gasteiger partial charge in [-0.3, -0.25) is 0 Å². The summed E-state index contributed by atoms with van der Waals surface area (Å²) >= 11 is 0. The van der Waals surface area contributed by atoms with Crippen LogP contribution < -0.4 is 4.90 Å². The SMILES string of the molecule is [2H]c1c([2H])c(N(c2ccccc2-c2ccccc2)c2ccccc2-c2cccc3oc4c5ccccc5ccc4c23)c([2H])c([2H])c1-c1cccc(-c2ccccc2)c1. The molecule has 0 aliphatic carbocycles. The molecule has 1 heterocycles. The number of furan rings is 1. The lowest BCUT2D eigenvalue weighted by Gasteiger charge is -2.30. The van der Waals surface area contributed by atoms with Crippen LogP contribution >= 0.6 is 0 Å². The molecule has 10 aromatic rings. The van der Waals surface area contributed by atoms with E-state index in [2.05, 4.69) is 36.4 Å². The molecule has 0 unspecified atom stereocenters. The second kappa shape index (κ2) is 13.4. The largest absolute Gasteiger partial charge is 0.455 e. The van der Waals surface area contributed by atoms with E-state index in [9.17, 15) is 5.48 Å². The zero-order chi connectivity index (χ0) is 39.3. The van der Waals surface area contributed by atoms with Crippen LogP contribution in [-0.4, -0.2) is 0 Å². The van der Waals surface area contributed by atoms with Gasteiger partial charge in [0.25, 0.3) is 0 Å². The third-order valence-electron chi connectivity index (χ3n) is 10.1. The first-order valence-corrected chi connectivity index (χ1v) is 18.1. The van der Waals surface area contributed by atoms with Crippen LogP contribution in [0.25, 0.3) is 77.2 Å². The fourth-order valence-electron chi connectivity index (χ4n) is 7.62. The number of anilines is 3. The molecule has 0 spiro atoms. The molecule has 0 saturated carbocycles. The lowest BCUT2D eigenvalue weighted by Crippen LogP contribution is -2.12. The maximum atomic E-state index is 9.76. The summed E-state index contributed by atoms with van der Waals surface area (Å²) < 4.78 is 45.2. The number of hydrogen-bond acceptors (Lipinski definition) is 2. The molecule has 0 saturated heterocycles. The first-order valence-electron chi connectivity index (χ1n) is 20.1. The Bertz CT molecular complexity index is 3150. The van der Waals surface area contributed by atoms with E-state index >= 15 is 0 Å². The van der Waals surface area contributed by atoms with Gasteiger partial charge in [-0.2, -0.15) is 0 Å². The maximum absolute atomic E-state index is 9.76. The van der Waals surface area contributed by atoms with E-state index in [4.69, 9.17) is 4.42 Å². The van der Waals surface area contributed by atoms with Gasteiger partial charge >= 0.3 is 0 Å². The molecule has 0 amide bonds. The van der Waals surface area contributed by atoms with Crippen molar-refractivity contribution in [2.45, 2.75) is 0 Å². The zero-order valence-electron chi connectivity index (χ0n) is 33.3. The van der Waals surface area contributed by atoms with Gasteiger partial charge in [-0.1, -0.05) is 170 Å². The van der Waals surface area contributed by atoms with E-state index in [0.29, 0.717) is 11.3 Å².